The lowest BCUT2D eigenvalue weighted by atomic mass is 9.89. The van der Waals surface area contributed by atoms with Crippen LogP contribution in [0.3, 0.4) is 0 Å². The van der Waals surface area contributed by atoms with Crippen LogP contribution in [0.5, 0.6) is 0 Å². The zero-order valence-electron chi connectivity index (χ0n) is 20.8. The maximum atomic E-state index is 13.3. The molecule has 0 radical (unpaired) electrons. The molecule has 1 aliphatic heterocycles. The van der Waals surface area contributed by atoms with Crippen molar-refractivity contribution in [3.8, 4) is 0 Å². The lowest BCUT2D eigenvalue weighted by molar-refractivity contribution is 0.0321. The van der Waals surface area contributed by atoms with Gasteiger partial charge in [-0.25, -0.2) is 0 Å². The Morgan fingerprint density at radius 2 is 1.76 bits per heavy atom. The van der Waals surface area contributed by atoms with Crippen LogP contribution in [0.25, 0.3) is 10.9 Å². The van der Waals surface area contributed by atoms with Gasteiger partial charge in [0.1, 0.15) is 5.52 Å². The number of halogens is 2. The van der Waals surface area contributed by atoms with E-state index in [9.17, 15) is 4.79 Å². The van der Waals surface area contributed by atoms with Gasteiger partial charge in [-0.3, -0.25) is 9.78 Å². The van der Waals surface area contributed by atoms with E-state index >= 15 is 0 Å². The van der Waals surface area contributed by atoms with Gasteiger partial charge in [0, 0.05) is 29.0 Å². The van der Waals surface area contributed by atoms with Gasteiger partial charge in [0.2, 0.25) is 0 Å². The van der Waals surface area contributed by atoms with Crippen molar-refractivity contribution in [1.29, 1.82) is 0 Å². The molecule has 1 atom stereocenters. The van der Waals surface area contributed by atoms with Crippen LogP contribution < -0.4 is 10.2 Å². The number of aromatic nitrogens is 3. The normalized spacial score (nSPS) is 15.6. The number of nitrogens with one attached hydrogen (secondary N) is 1. The number of likely N-dealkylation sites (tertiary alicyclic amines) is 1. The number of rotatable bonds is 7. The van der Waals surface area contributed by atoms with Crippen molar-refractivity contribution in [3.05, 3.63) is 87.8 Å². The number of nitrogens with zero attached hydrogens (tertiary/aromatic N) is 4. The molecule has 1 aliphatic rings. The topological polar surface area (TPSA) is 72.3 Å². The number of para-hydroxylation sites is 1. The molecule has 0 saturated carbocycles. The molecule has 1 fully saturated rings. The van der Waals surface area contributed by atoms with Gasteiger partial charge in [-0.15, -0.1) is 5.10 Å². The van der Waals surface area contributed by atoms with Gasteiger partial charge in [0.05, 0.1) is 10.0 Å². The fraction of sp³-hybridized carbons (Fsp3) is 0.321. The smallest absolute Gasteiger partial charge is 0.276 e. The number of benzene rings is 2. The van der Waals surface area contributed by atoms with Gasteiger partial charge >= 0.3 is 0 Å². The first-order valence-corrected chi connectivity index (χ1v) is 13.3. The first-order chi connectivity index (χ1) is 17.9. The molecule has 3 heterocycles. The van der Waals surface area contributed by atoms with Crippen LogP contribution in [0.15, 0.2) is 60.9 Å². The van der Waals surface area contributed by atoms with Crippen LogP contribution in [0.4, 0.5) is 5.69 Å². The van der Waals surface area contributed by atoms with E-state index < -0.39 is 6.10 Å². The molecule has 1 saturated heterocycles. The number of pyridine rings is 1. The maximum Gasteiger partial charge on any atom is 0.276 e. The zero-order valence-corrected chi connectivity index (χ0v) is 22.3. The summed E-state index contributed by atoms with van der Waals surface area (Å²) < 4.78 is 0. The SMILES string of the molecule is CCN1CCC(c2ccc(NC(=O)c3nn(OC(C)c4c(Cl)cncc4Cl)c4ccccc34)cc2)CC1. The van der Waals surface area contributed by atoms with E-state index in [0.717, 1.165) is 38.2 Å². The Labute approximate surface area is 226 Å². The van der Waals surface area contributed by atoms with Crippen LogP contribution >= 0.6 is 23.2 Å². The summed E-state index contributed by atoms with van der Waals surface area (Å²) in [5.74, 6) is 0.254. The standard InChI is InChI=1S/C28H29Cl2N5O2/c1-3-34-14-12-20(13-15-34)19-8-10-21(11-9-19)32-28(36)27-22-6-4-5-7-25(22)35(33-27)37-18(2)26-23(29)16-31-17-24(26)30/h4-11,16-18,20H,3,12-15H2,1-2H3,(H,32,36). The van der Waals surface area contributed by atoms with E-state index in [1.807, 2.05) is 43.3 Å². The van der Waals surface area contributed by atoms with Crippen molar-refractivity contribution in [2.75, 3.05) is 25.0 Å². The Bertz CT molecular complexity index is 1380. The predicted molar refractivity (Wildman–Crippen MR) is 147 cm³/mol. The molecule has 7 nitrogen and oxygen atoms in total. The van der Waals surface area contributed by atoms with Gasteiger partial charge in [0.25, 0.3) is 5.91 Å². The molecule has 4 aromatic rings. The molecule has 1 N–H and O–H groups in total. The lowest BCUT2D eigenvalue weighted by Crippen LogP contribution is -2.32. The Kier molecular flexibility index (Phi) is 7.65. The molecule has 5 rings (SSSR count). The lowest BCUT2D eigenvalue weighted by Gasteiger charge is -2.31. The number of piperidine rings is 1. The average Bonchev–Trinajstić information content (AvgIpc) is 3.27. The largest absolute Gasteiger partial charge is 0.388 e. The fourth-order valence-electron chi connectivity index (χ4n) is 4.91. The summed E-state index contributed by atoms with van der Waals surface area (Å²) >= 11 is 12.6. The molecule has 37 heavy (non-hydrogen) atoms. The molecule has 9 heteroatoms. The van der Waals surface area contributed by atoms with Crippen molar-refractivity contribution >= 4 is 45.7 Å². The van der Waals surface area contributed by atoms with Gasteiger partial charge < -0.3 is 15.1 Å². The second kappa shape index (κ2) is 11.1. The van der Waals surface area contributed by atoms with Gasteiger partial charge in [-0.2, -0.15) is 0 Å². The molecular weight excluding hydrogens is 509 g/mol. The molecule has 0 spiro atoms. The van der Waals surface area contributed by atoms with E-state index in [2.05, 4.69) is 39.4 Å². The molecule has 1 unspecified atom stereocenters. The van der Waals surface area contributed by atoms with E-state index in [1.165, 1.54) is 22.8 Å². The number of carbonyl (C=O) groups is 1. The summed E-state index contributed by atoms with van der Waals surface area (Å²) in [5, 5.41) is 8.95. The highest BCUT2D eigenvalue weighted by Crippen LogP contribution is 2.31. The third-order valence-electron chi connectivity index (χ3n) is 7.00. The Hall–Kier alpha value is -3.13. The summed E-state index contributed by atoms with van der Waals surface area (Å²) in [5.41, 5.74) is 3.58. The molecule has 0 bridgehead atoms. The van der Waals surface area contributed by atoms with Crippen molar-refractivity contribution < 1.29 is 9.63 Å². The van der Waals surface area contributed by atoms with Crippen molar-refractivity contribution in [1.82, 2.24) is 19.8 Å². The van der Waals surface area contributed by atoms with E-state index in [0.29, 0.717) is 32.4 Å². The van der Waals surface area contributed by atoms with Crippen molar-refractivity contribution in [3.63, 3.8) is 0 Å². The number of fused-ring (bicyclic) bond motifs is 1. The number of hydrogen-bond acceptors (Lipinski definition) is 5. The molecule has 2 aromatic carbocycles. The van der Waals surface area contributed by atoms with Crippen LogP contribution in [-0.2, 0) is 0 Å². The monoisotopic (exact) mass is 537 g/mol. The minimum absolute atomic E-state index is 0.269. The maximum absolute atomic E-state index is 13.3. The molecule has 192 valence electrons. The minimum atomic E-state index is -0.529. The third-order valence-corrected chi connectivity index (χ3v) is 7.60. The van der Waals surface area contributed by atoms with E-state index in [1.54, 1.807) is 0 Å². The van der Waals surface area contributed by atoms with Crippen molar-refractivity contribution in [2.45, 2.75) is 38.7 Å². The Morgan fingerprint density at radius 1 is 1.08 bits per heavy atom. The Morgan fingerprint density at radius 3 is 2.43 bits per heavy atom. The molecule has 0 aliphatic carbocycles. The van der Waals surface area contributed by atoms with Crippen LogP contribution in [0.1, 0.15) is 60.3 Å². The van der Waals surface area contributed by atoms with Gasteiger partial charge in [-0.05, 0) is 69.1 Å². The molecular formula is C28H29Cl2N5O2. The zero-order chi connectivity index (χ0) is 25.9. The number of carbonyl (C=O) groups excluding carboxylic acids is 1. The second-order valence-electron chi connectivity index (χ2n) is 9.29. The van der Waals surface area contributed by atoms with Crippen LogP contribution in [-0.4, -0.2) is 45.4 Å². The summed E-state index contributed by atoms with van der Waals surface area (Å²) in [4.78, 5) is 27.2. The third kappa shape index (κ3) is 5.44. The summed E-state index contributed by atoms with van der Waals surface area (Å²) in [7, 11) is 0. The fourth-order valence-corrected chi connectivity index (χ4v) is 5.58. The van der Waals surface area contributed by atoms with E-state index in [-0.39, 0.29) is 11.6 Å². The number of amides is 1. The van der Waals surface area contributed by atoms with Crippen LogP contribution in [0, 0.1) is 0 Å². The number of anilines is 1. The minimum Gasteiger partial charge on any atom is -0.388 e. The summed E-state index contributed by atoms with van der Waals surface area (Å²) in [6, 6.07) is 15.6. The highest BCUT2D eigenvalue weighted by Gasteiger charge is 2.23. The average molecular weight is 538 g/mol. The van der Waals surface area contributed by atoms with Crippen molar-refractivity contribution in [2.24, 2.45) is 0 Å². The number of hydrogen-bond donors (Lipinski definition) is 1. The van der Waals surface area contributed by atoms with Crippen LogP contribution in [0.2, 0.25) is 10.0 Å². The van der Waals surface area contributed by atoms with Gasteiger partial charge in [0.15, 0.2) is 11.8 Å². The second-order valence-corrected chi connectivity index (χ2v) is 10.1. The van der Waals surface area contributed by atoms with Gasteiger partial charge in [-0.1, -0.05) is 65.3 Å². The first-order valence-electron chi connectivity index (χ1n) is 12.5. The summed E-state index contributed by atoms with van der Waals surface area (Å²) in [6.45, 7) is 7.41. The highest BCUT2D eigenvalue weighted by molar-refractivity contribution is 6.35. The molecule has 1 amide bonds. The summed E-state index contributed by atoms with van der Waals surface area (Å²) in [6.07, 6.45) is 4.83. The molecule has 2 aromatic heterocycles. The predicted octanol–water partition coefficient (Wildman–Crippen LogP) is 6.38. The quantitative estimate of drug-likeness (QED) is 0.296. The van der Waals surface area contributed by atoms with E-state index in [4.69, 9.17) is 28.0 Å². The Balaban J connectivity index is 1.33. The first kappa shape index (κ1) is 25.5. The highest BCUT2D eigenvalue weighted by atomic mass is 35.5.